The molecular formula is C20H20F3N3O4S. The summed E-state index contributed by atoms with van der Waals surface area (Å²) in [6.07, 6.45) is -3.58. The van der Waals surface area contributed by atoms with Crippen LogP contribution in [0, 0.1) is 0 Å². The molecule has 0 aliphatic carbocycles. The van der Waals surface area contributed by atoms with E-state index in [0.29, 0.717) is 30.9 Å². The fraction of sp³-hybridized carbons (Fsp3) is 0.350. The highest BCUT2D eigenvalue weighted by molar-refractivity contribution is 7.88. The maximum Gasteiger partial charge on any atom is 0.573 e. The summed E-state index contributed by atoms with van der Waals surface area (Å²) in [5.74, 6) is -0.313. The molecule has 2 aromatic rings. The van der Waals surface area contributed by atoms with Gasteiger partial charge in [-0.05, 0) is 41.0 Å². The molecule has 0 unspecified atom stereocenters. The molecule has 0 N–H and O–H groups in total. The summed E-state index contributed by atoms with van der Waals surface area (Å²) in [4.78, 5) is 16.1. The third-order valence-electron chi connectivity index (χ3n) is 5.29. The Morgan fingerprint density at radius 3 is 2.32 bits per heavy atom. The maximum absolute atomic E-state index is 12.9. The van der Waals surface area contributed by atoms with Crippen molar-refractivity contribution < 1.29 is 31.1 Å². The molecule has 4 rings (SSSR count). The predicted molar refractivity (Wildman–Crippen MR) is 107 cm³/mol. The van der Waals surface area contributed by atoms with Crippen molar-refractivity contribution in [3.05, 3.63) is 59.2 Å². The SMILES string of the molecule is CS(=O)(=O)N1Cc2ccc(N3CCN(Cc4ccc(OC(F)(F)F)cc4)C3=O)cc2C1. The molecule has 0 radical (unpaired) electrons. The van der Waals surface area contributed by atoms with Crippen LogP contribution in [-0.4, -0.2) is 49.4 Å². The number of ether oxygens (including phenoxy) is 1. The number of carbonyl (C=O) groups is 1. The van der Waals surface area contributed by atoms with Crippen LogP contribution in [0.2, 0.25) is 0 Å². The van der Waals surface area contributed by atoms with E-state index in [1.54, 1.807) is 15.9 Å². The van der Waals surface area contributed by atoms with Gasteiger partial charge < -0.3 is 9.64 Å². The Balaban J connectivity index is 1.42. The van der Waals surface area contributed by atoms with Gasteiger partial charge in [0, 0.05) is 38.4 Å². The van der Waals surface area contributed by atoms with Gasteiger partial charge >= 0.3 is 12.4 Å². The molecule has 0 atom stereocenters. The molecule has 0 spiro atoms. The molecule has 31 heavy (non-hydrogen) atoms. The van der Waals surface area contributed by atoms with E-state index in [1.807, 2.05) is 12.1 Å². The van der Waals surface area contributed by atoms with E-state index >= 15 is 0 Å². The Morgan fingerprint density at radius 2 is 1.68 bits per heavy atom. The minimum Gasteiger partial charge on any atom is -0.406 e. The van der Waals surface area contributed by atoms with Gasteiger partial charge in [0.25, 0.3) is 0 Å². The van der Waals surface area contributed by atoms with Crippen LogP contribution in [0.3, 0.4) is 0 Å². The molecule has 0 saturated carbocycles. The highest BCUT2D eigenvalue weighted by Gasteiger charge is 2.33. The second-order valence-corrected chi connectivity index (χ2v) is 9.51. The number of anilines is 1. The zero-order valence-electron chi connectivity index (χ0n) is 16.6. The Hall–Kier alpha value is -2.79. The zero-order valence-corrected chi connectivity index (χ0v) is 17.4. The van der Waals surface area contributed by atoms with Gasteiger partial charge in [0.1, 0.15) is 5.75 Å². The van der Waals surface area contributed by atoms with Crippen LogP contribution >= 0.6 is 0 Å². The monoisotopic (exact) mass is 455 g/mol. The second kappa shape index (κ2) is 7.72. The van der Waals surface area contributed by atoms with Gasteiger partial charge in [-0.25, -0.2) is 13.2 Å². The first-order valence-corrected chi connectivity index (χ1v) is 11.3. The number of hydrogen-bond donors (Lipinski definition) is 0. The zero-order chi connectivity index (χ0) is 22.4. The lowest BCUT2D eigenvalue weighted by Crippen LogP contribution is -2.31. The van der Waals surface area contributed by atoms with Crippen molar-refractivity contribution in [2.75, 3.05) is 24.2 Å². The lowest BCUT2D eigenvalue weighted by atomic mass is 10.1. The second-order valence-electron chi connectivity index (χ2n) is 7.53. The number of nitrogens with zero attached hydrogens (tertiary/aromatic N) is 3. The van der Waals surface area contributed by atoms with E-state index in [0.717, 1.165) is 11.1 Å². The van der Waals surface area contributed by atoms with E-state index in [2.05, 4.69) is 4.74 Å². The summed E-state index contributed by atoms with van der Waals surface area (Å²) in [6.45, 7) is 1.78. The molecule has 1 fully saturated rings. The fourth-order valence-electron chi connectivity index (χ4n) is 3.74. The van der Waals surface area contributed by atoms with Crippen molar-refractivity contribution in [3.63, 3.8) is 0 Å². The summed E-state index contributed by atoms with van der Waals surface area (Å²) in [6, 6.07) is 10.7. The van der Waals surface area contributed by atoms with Gasteiger partial charge in [0.05, 0.1) is 6.26 Å². The summed E-state index contributed by atoms with van der Waals surface area (Å²) in [5.41, 5.74) is 3.16. The molecule has 0 bridgehead atoms. The number of rotatable bonds is 5. The topological polar surface area (TPSA) is 70.2 Å². The van der Waals surface area contributed by atoms with Gasteiger partial charge in [-0.2, -0.15) is 4.31 Å². The Morgan fingerprint density at radius 1 is 1.00 bits per heavy atom. The number of sulfonamides is 1. The van der Waals surface area contributed by atoms with Crippen LogP contribution in [0.15, 0.2) is 42.5 Å². The fourth-order valence-corrected chi connectivity index (χ4v) is 4.49. The van der Waals surface area contributed by atoms with Crippen molar-refractivity contribution in [1.82, 2.24) is 9.21 Å². The molecule has 166 valence electrons. The van der Waals surface area contributed by atoms with Crippen molar-refractivity contribution in [3.8, 4) is 5.75 Å². The van der Waals surface area contributed by atoms with Gasteiger partial charge in [0.15, 0.2) is 0 Å². The number of hydrogen-bond acceptors (Lipinski definition) is 4. The Kier molecular flexibility index (Phi) is 5.34. The van der Waals surface area contributed by atoms with Gasteiger partial charge in [-0.1, -0.05) is 18.2 Å². The minimum absolute atomic E-state index is 0.214. The largest absolute Gasteiger partial charge is 0.573 e. The number of fused-ring (bicyclic) bond motifs is 1. The van der Waals surface area contributed by atoms with Crippen LogP contribution in [0.25, 0.3) is 0 Å². The maximum atomic E-state index is 12.9. The summed E-state index contributed by atoms with van der Waals surface area (Å²) < 4.78 is 65.6. The molecule has 2 aliphatic heterocycles. The molecule has 1 saturated heterocycles. The first-order chi connectivity index (χ1) is 14.5. The predicted octanol–water partition coefficient (Wildman–Crippen LogP) is 3.30. The lowest BCUT2D eigenvalue weighted by Gasteiger charge is -2.19. The standard InChI is InChI=1S/C20H20F3N3O4S/c1-31(28,29)25-12-15-4-5-17(10-16(15)13-25)26-9-8-24(19(26)27)11-14-2-6-18(7-3-14)30-20(21,22)23/h2-7,10H,8-9,11-13H2,1H3. The minimum atomic E-state index is -4.75. The normalized spacial score (nSPS) is 17.4. The highest BCUT2D eigenvalue weighted by atomic mass is 32.2. The van der Waals surface area contributed by atoms with Crippen LogP contribution < -0.4 is 9.64 Å². The van der Waals surface area contributed by atoms with Crippen molar-refractivity contribution in [2.45, 2.75) is 26.0 Å². The van der Waals surface area contributed by atoms with Crippen molar-refractivity contribution in [1.29, 1.82) is 0 Å². The summed E-state index contributed by atoms with van der Waals surface area (Å²) >= 11 is 0. The van der Waals surface area contributed by atoms with Crippen LogP contribution in [0.5, 0.6) is 5.75 Å². The van der Waals surface area contributed by atoms with Gasteiger partial charge in [-0.15, -0.1) is 13.2 Å². The van der Waals surface area contributed by atoms with E-state index < -0.39 is 16.4 Å². The molecule has 2 heterocycles. The molecule has 2 aromatic carbocycles. The molecule has 0 aromatic heterocycles. The molecule has 2 amide bonds. The molecule has 2 aliphatic rings. The smallest absolute Gasteiger partial charge is 0.406 e. The first-order valence-electron chi connectivity index (χ1n) is 9.48. The Labute approximate surface area is 177 Å². The number of alkyl halides is 3. The lowest BCUT2D eigenvalue weighted by molar-refractivity contribution is -0.274. The Bertz CT molecular complexity index is 1100. The average molecular weight is 455 g/mol. The van der Waals surface area contributed by atoms with Crippen LogP contribution in [0.1, 0.15) is 16.7 Å². The molecular weight excluding hydrogens is 435 g/mol. The molecule has 11 heteroatoms. The van der Waals surface area contributed by atoms with Crippen molar-refractivity contribution >= 4 is 21.7 Å². The van der Waals surface area contributed by atoms with Gasteiger partial charge in [0.2, 0.25) is 10.0 Å². The first kappa shape index (κ1) is 21.4. The van der Waals surface area contributed by atoms with E-state index in [-0.39, 0.29) is 24.9 Å². The quantitative estimate of drug-likeness (QED) is 0.694. The van der Waals surface area contributed by atoms with Crippen molar-refractivity contribution in [2.24, 2.45) is 0 Å². The average Bonchev–Trinajstić information content (AvgIpc) is 3.25. The summed E-state index contributed by atoms with van der Waals surface area (Å²) in [5, 5.41) is 0. The highest BCUT2D eigenvalue weighted by Crippen LogP contribution is 2.31. The third-order valence-corrected chi connectivity index (χ3v) is 6.49. The third kappa shape index (κ3) is 4.77. The van der Waals surface area contributed by atoms with Crippen LogP contribution in [0.4, 0.5) is 23.7 Å². The summed E-state index contributed by atoms with van der Waals surface area (Å²) in [7, 11) is -3.30. The van der Waals surface area contributed by atoms with Crippen LogP contribution in [-0.2, 0) is 29.7 Å². The number of halogens is 3. The van der Waals surface area contributed by atoms with Gasteiger partial charge in [-0.3, -0.25) is 4.90 Å². The van der Waals surface area contributed by atoms with E-state index in [1.165, 1.54) is 34.8 Å². The number of amides is 2. The van der Waals surface area contributed by atoms with E-state index in [4.69, 9.17) is 0 Å². The number of urea groups is 1. The molecule has 7 nitrogen and oxygen atoms in total. The number of benzene rings is 2. The van der Waals surface area contributed by atoms with E-state index in [9.17, 15) is 26.4 Å². The number of carbonyl (C=O) groups excluding carboxylic acids is 1.